The van der Waals surface area contributed by atoms with Crippen LogP contribution in [0.25, 0.3) is 39.1 Å². The molecule has 5 aromatic rings. The zero-order chi connectivity index (χ0) is 19.4. The van der Waals surface area contributed by atoms with E-state index >= 15 is 0 Å². The highest BCUT2D eigenvalue weighted by Crippen LogP contribution is 2.39. The highest BCUT2D eigenvalue weighted by molar-refractivity contribution is 5.87. The molecule has 142 valence electrons. The molecular formula is C24H20N4O. The Morgan fingerprint density at radius 1 is 1.00 bits per heavy atom. The van der Waals surface area contributed by atoms with Gasteiger partial charge >= 0.3 is 0 Å². The summed E-state index contributed by atoms with van der Waals surface area (Å²) in [5.41, 5.74) is 11.0. The van der Waals surface area contributed by atoms with Crippen molar-refractivity contribution in [2.24, 2.45) is 0 Å². The molecule has 0 saturated heterocycles. The summed E-state index contributed by atoms with van der Waals surface area (Å²) in [6.07, 6.45) is 7.36. The fraction of sp³-hybridized carbons (Fsp3) is 0.167. The fourth-order valence-corrected chi connectivity index (χ4v) is 4.16. The van der Waals surface area contributed by atoms with Crippen molar-refractivity contribution < 1.29 is 4.42 Å². The van der Waals surface area contributed by atoms with Gasteiger partial charge in [0, 0.05) is 34.8 Å². The second kappa shape index (κ2) is 6.21. The first-order valence-electron chi connectivity index (χ1n) is 10.00. The quantitative estimate of drug-likeness (QED) is 0.438. The molecule has 1 aliphatic rings. The molecular weight excluding hydrogens is 360 g/mol. The van der Waals surface area contributed by atoms with Crippen LogP contribution in [0.4, 0.5) is 5.82 Å². The van der Waals surface area contributed by atoms with Crippen molar-refractivity contribution in [3.05, 3.63) is 72.8 Å². The summed E-state index contributed by atoms with van der Waals surface area (Å²) in [5, 5.41) is 1.11. The number of aromatic nitrogens is 3. The first-order chi connectivity index (χ1) is 14.3. The Kier molecular flexibility index (Phi) is 3.50. The molecule has 1 saturated carbocycles. The van der Waals surface area contributed by atoms with E-state index in [2.05, 4.69) is 45.8 Å². The Morgan fingerprint density at radius 3 is 2.55 bits per heavy atom. The van der Waals surface area contributed by atoms with Crippen LogP contribution in [-0.4, -0.2) is 14.4 Å². The van der Waals surface area contributed by atoms with Crippen LogP contribution < -0.4 is 5.73 Å². The molecule has 6 rings (SSSR count). The predicted molar refractivity (Wildman–Crippen MR) is 115 cm³/mol. The molecule has 0 radical (unpaired) electrons. The van der Waals surface area contributed by atoms with Crippen molar-refractivity contribution in [3.8, 4) is 22.6 Å². The lowest BCUT2D eigenvalue weighted by Gasteiger charge is -2.23. The van der Waals surface area contributed by atoms with Gasteiger partial charge in [-0.15, -0.1) is 0 Å². The fourth-order valence-electron chi connectivity index (χ4n) is 4.16. The van der Waals surface area contributed by atoms with Crippen LogP contribution in [0.2, 0.25) is 0 Å². The normalized spacial score (nSPS) is 14.5. The van der Waals surface area contributed by atoms with E-state index in [9.17, 15) is 0 Å². The van der Waals surface area contributed by atoms with Crippen molar-refractivity contribution in [3.63, 3.8) is 0 Å². The molecule has 5 heteroatoms. The molecule has 2 aromatic carbocycles. The summed E-state index contributed by atoms with van der Waals surface area (Å²) < 4.78 is 8.12. The number of hydrogen-bond acceptors (Lipinski definition) is 4. The number of furan rings is 1. The van der Waals surface area contributed by atoms with Crippen LogP contribution in [0, 0.1) is 0 Å². The number of rotatable bonds is 3. The Balaban J connectivity index is 1.45. The van der Waals surface area contributed by atoms with Gasteiger partial charge in [0.2, 0.25) is 0 Å². The molecule has 0 spiro atoms. The van der Waals surface area contributed by atoms with Gasteiger partial charge in [-0.1, -0.05) is 48.9 Å². The average molecular weight is 380 g/mol. The zero-order valence-corrected chi connectivity index (χ0v) is 15.9. The predicted octanol–water partition coefficient (Wildman–Crippen LogP) is 5.66. The van der Waals surface area contributed by atoms with Crippen molar-refractivity contribution in [1.82, 2.24) is 14.4 Å². The molecule has 5 nitrogen and oxygen atoms in total. The van der Waals surface area contributed by atoms with Crippen LogP contribution in [0.15, 0.2) is 71.4 Å². The monoisotopic (exact) mass is 380 g/mol. The third-order valence-corrected chi connectivity index (χ3v) is 5.95. The van der Waals surface area contributed by atoms with E-state index in [1.807, 2.05) is 24.4 Å². The van der Waals surface area contributed by atoms with E-state index in [0.717, 1.165) is 44.9 Å². The maximum Gasteiger partial charge on any atom is 0.150 e. The second-order valence-electron chi connectivity index (χ2n) is 7.70. The molecule has 29 heavy (non-hydrogen) atoms. The molecule has 0 bridgehead atoms. The minimum Gasteiger partial charge on any atom is -0.456 e. The summed E-state index contributed by atoms with van der Waals surface area (Å²) in [4.78, 5) is 9.30. The Labute approximate surface area is 167 Å². The van der Waals surface area contributed by atoms with Gasteiger partial charge in [-0.05, 0) is 25.0 Å². The number of anilines is 1. The molecule has 0 unspecified atom stereocenters. The number of imidazole rings is 1. The summed E-state index contributed by atoms with van der Waals surface area (Å²) in [6.45, 7) is 0. The first-order valence-corrected chi connectivity index (χ1v) is 10.00. The average Bonchev–Trinajstić information content (AvgIpc) is 3.30. The smallest absolute Gasteiger partial charge is 0.150 e. The molecule has 3 aromatic heterocycles. The highest BCUT2D eigenvalue weighted by Gasteiger charge is 2.26. The van der Waals surface area contributed by atoms with Gasteiger partial charge in [0.15, 0.2) is 0 Å². The summed E-state index contributed by atoms with van der Waals surface area (Å²) >= 11 is 0. The molecule has 3 heterocycles. The van der Waals surface area contributed by atoms with Gasteiger partial charge < -0.3 is 10.2 Å². The number of nitrogen functional groups attached to an aromatic ring is 1. The SMILES string of the molecule is Nc1nccn2c(C3CCC3)nc(-c3ccc(-c4cc5ccccc5o4)cc3)c12. The largest absolute Gasteiger partial charge is 0.456 e. The molecule has 0 amide bonds. The van der Waals surface area contributed by atoms with Gasteiger partial charge in [0.05, 0.1) is 0 Å². The summed E-state index contributed by atoms with van der Waals surface area (Å²) in [7, 11) is 0. The number of fused-ring (bicyclic) bond motifs is 2. The van der Waals surface area contributed by atoms with Gasteiger partial charge in [-0.3, -0.25) is 4.40 Å². The van der Waals surface area contributed by atoms with E-state index in [1.54, 1.807) is 6.20 Å². The Hall–Kier alpha value is -3.60. The van der Waals surface area contributed by atoms with E-state index in [4.69, 9.17) is 15.1 Å². The number of nitrogens with two attached hydrogens (primary N) is 1. The van der Waals surface area contributed by atoms with E-state index in [-0.39, 0.29) is 0 Å². The van der Waals surface area contributed by atoms with Crippen LogP contribution >= 0.6 is 0 Å². The number of nitrogens with zero attached hydrogens (tertiary/aromatic N) is 3. The molecule has 1 fully saturated rings. The van der Waals surface area contributed by atoms with Crippen molar-refractivity contribution in [2.75, 3.05) is 5.73 Å². The van der Waals surface area contributed by atoms with Crippen LogP contribution in [0.5, 0.6) is 0 Å². The lowest BCUT2D eigenvalue weighted by molar-refractivity contribution is 0.400. The lowest BCUT2D eigenvalue weighted by atomic mass is 9.85. The van der Waals surface area contributed by atoms with E-state index in [0.29, 0.717) is 11.7 Å². The number of benzene rings is 2. The number of para-hydroxylation sites is 1. The topological polar surface area (TPSA) is 69.3 Å². The van der Waals surface area contributed by atoms with E-state index in [1.165, 1.54) is 19.3 Å². The van der Waals surface area contributed by atoms with Crippen molar-refractivity contribution in [2.45, 2.75) is 25.2 Å². The molecule has 1 aliphatic carbocycles. The maximum atomic E-state index is 6.24. The van der Waals surface area contributed by atoms with Crippen molar-refractivity contribution >= 4 is 22.3 Å². The second-order valence-corrected chi connectivity index (χ2v) is 7.70. The lowest BCUT2D eigenvalue weighted by Crippen LogP contribution is -2.12. The minimum atomic E-state index is 0.507. The van der Waals surface area contributed by atoms with Crippen LogP contribution in [0.3, 0.4) is 0 Å². The third-order valence-electron chi connectivity index (χ3n) is 5.95. The first kappa shape index (κ1) is 16.4. The zero-order valence-electron chi connectivity index (χ0n) is 15.9. The summed E-state index contributed by atoms with van der Waals surface area (Å²) in [6, 6.07) is 18.5. The standard InChI is InChI=1S/C24H20N4O/c25-23-22-21(27-24(17-5-3-6-17)28(22)13-12-26-23)16-10-8-15(9-11-16)20-14-18-4-1-2-7-19(18)29-20/h1-2,4,7-14,17H,3,5-6H2,(H2,25,26). The summed E-state index contributed by atoms with van der Waals surface area (Å²) in [5.74, 6) is 2.98. The third kappa shape index (κ3) is 2.54. The number of hydrogen-bond donors (Lipinski definition) is 1. The van der Waals surface area contributed by atoms with E-state index < -0.39 is 0 Å². The maximum absolute atomic E-state index is 6.24. The van der Waals surface area contributed by atoms with Crippen LogP contribution in [0.1, 0.15) is 31.0 Å². The van der Waals surface area contributed by atoms with Gasteiger partial charge in [-0.2, -0.15) is 0 Å². The molecule has 0 atom stereocenters. The minimum absolute atomic E-state index is 0.507. The Morgan fingerprint density at radius 2 is 1.79 bits per heavy atom. The molecule has 0 aliphatic heterocycles. The van der Waals surface area contributed by atoms with Gasteiger partial charge in [-0.25, -0.2) is 9.97 Å². The van der Waals surface area contributed by atoms with Gasteiger partial charge in [0.1, 0.15) is 34.2 Å². The van der Waals surface area contributed by atoms with Gasteiger partial charge in [0.25, 0.3) is 0 Å². The van der Waals surface area contributed by atoms with Crippen LogP contribution in [-0.2, 0) is 0 Å². The molecule has 2 N–H and O–H groups in total. The Bertz CT molecular complexity index is 1310. The highest BCUT2D eigenvalue weighted by atomic mass is 16.3. The van der Waals surface area contributed by atoms with Crippen molar-refractivity contribution in [1.29, 1.82) is 0 Å².